The molecule has 0 unspecified atom stereocenters. The minimum atomic E-state index is -0.503. The third-order valence-corrected chi connectivity index (χ3v) is 4.07. The van der Waals surface area contributed by atoms with E-state index in [2.05, 4.69) is 0 Å². The Labute approximate surface area is 128 Å². The van der Waals surface area contributed by atoms with Crippen LogP contribution in [0.15, 0.2) is 24.3 Å². The number of para-hydroxylation sites is 1. The minimum absolute atomic E-state index is 0.321. The molecule has 0 bridgehead atoms. The molecule has 1 aliphatic rings. The van der Waals surface area contributed by atoms with Crippen LogP contribution in [-0.4, -0.2) is 30.7 Å². The van der Waals surface area contributed by atoms with Crippen molar-refractivity contribution < 1.29 is 19.1 Å². The van der Waals surface area contributed by atoms with Crippen LogP contribution < -0.4 is 0 Å². The first-order valence-corrected chi connectivity index (χ1v) is 7.15. The summed E-state index contributed by atoms with van der Waals surface area (Å²) in [5, 5.41) is 0. The summed E-state index contributed by atoms with van der Waals surface area (Å²) in [6.07, 6.45) is 1.22. The van der Waals surface area contributed by atoms with Crippen LogP contribution >= 0.6 is 0 Å². The van der Waals surface area contributed by atoms with E-state index in [-0.39, 0.29) is 0 Å². The highest BCUT2D eigenvalue weighted by Crippen LogP contribution is 2.37. The fourth-order valence-electron chi connectivity index (χ4n) is 3.17. The highest BCUT2D eigenvalue weighted by molar-refractivity contribution is 6.06. The molecule has 3 rings (SSSR count). The zero-order valence-corrected chi connectivity index (χ0v) is 12.8. The van der Waals surface area contributed by atoms with Crippen LogP contribution in [0.1, 0.15) is 44.6 Å². The molecule has 0 fully saturated rings. The summed E-state index contributed by atoms with van der Waals surface area (Å²) in [4.78, 5) is 24.5. The van der Waals surface area contributed by atoms with Gasteiger partial charge in [-0.2, -0.15) is 0 Å². The predicted molar refractivity (Wildman–Crippen MR) is 80.6 cm³/mol. The monoisotopic (exact) mass is 299 g/mol. The SMILES string of the molecule is CCc1c(C(=O)OC)c(C(=O)OC)c2n1-c1ccccc1C2. The number of hydrogen-bond acceptors (Lipinski definition) is 4. The Morgan fingerprint density at radius 2 is 1.73 bits per heavy atom. The molecule has 0 saturated carbocycles. The number of ether oxygens (including phenoxy) is 2. The van der Waals surface area contributed by atoms with Crippen LogP contribution in [0.25, 0.3) is 5.69 Å². The molecule has 0 N–H and O–H groups in total. The van der Waals surface area contributed by atoms with E-state index >= 15 is 0 Å². The van der Waals surface area contributed by atoms with E-state index in [1.54, 1.807) is 0 Å². The van der Waals surface area contributed by atoms with Gasteiger partial charge < -0.3 is 14.0 Å². The number of methoxy groups -OCH3 is 2. The first kappa shape index (κ1) is 14.4. The van der Waals surface area contributed by atoms with Gasteiger partial charge in [0.1, 0.15) is 0 Å². The largest absolute Gasteiger partial charge is 0.465 e. The standard InChI is InChI=1S/C17H17NO4/c1-4-11-14(16(19)21-2)15(17(20)22-3)13-9-10-7-5-6-8-12(10)18(11)13/h5-8H,4,9H2,1-3H3. The van der Waals surface area contributed by atoms with Gasteiger partial charge in [0.25, 0.3) is 0 Å². The molecule has 2 aromatic rings. The Balaban J connectivity index is 2.35. The minimum Gasteiger partial charge on any atom is -0.465 e. The van der Waals surface area contributed by atoms with Crippen LogP contribution in [0, 0.1) is 0 Å². The van der Waals surface area contributed by atoms with Crippen molar-refractivity contribution >= 4 is 11.9 Å². The molecule has 5 heteroatoms. The van der Waals surface area contributed by atoms with Crippen LogP contribution in [0.2, 0.25) is 0 Å². The lowest BCUT2D eigenvalue weighted by Gasteiger charge is -2.09. The van der Waals surface area contributed by atoms with Crippen LogP contribution in [0.5, 0.6) is 0 Å². The van der Waals surface area contributed by atoms with Gasteiger partial charge in [-0.05, 0) is 18.1 Å². The average Bonchev–Trinajstić information content (AvgIpc) is 3.07. The number of benzene rings is 1. The maximum atomic E-state index is 12.3. The number of aromatic nitrogens is 1. The van der Waals surface area contributed by atoms with Crippen molar-refractivity contribution in [2.45, 2.75) is 19.8 Å². The van der Waals surface area contributed by atoms with Crippen molar-refractivity contribution in [1.82, 2.24) is 4.57 Å². The maximum Gasteiger partial charge on any atom is 0.340 e. The maximum absolute atomic E-state index is 12.3. The van der Waals surface area contributed by atoms with Gasteiger partial charge in [-0.25, -0.2) is 9.59 Å². The smallest absolute Gasteiger partial charge is 0.340 e. The number of nitrogens with zero attached hydrogens (tertiary/aromatic N) is 1. The molecule has 0 atom stereocenters. The summed E-state index contributed by atoms with van der Waals surface area (Å²) in [5.74, 6) is -1.01. The van der Waals surface area contributed by atoms with Crippen LogP contribution in [0.4, 0.5) is 0 Å². The molecule has 0 saturated heterocycles. The summed E-state index contributed by atoms with van der Waals surface area (Å²) in [5.41, 5.74) is 4.37. The highest BCUT2D eigenvalue weighted by atomic mass is 16.5. The fraction of sp³-hybridized carbons (Fsp3) is 0.294. The van der Waals surface area contributed by atoms with Gasteiger partial charge in [0.15, 0.2) is 0 Å². The Hall–Kier alpha value is -2.56. The summed E-state index contributed by atoms with van der Waals surface area (Å²) in [6, 6.07) is 7.94. The van der Waals surface area contributed by atoms with Gasteiger partial charge in [-0.3, -0.25) is 0 Å². The van der Waals surface area contributed by atoms with E-state index in [1.807, 2.05) is 35.8 Å². The zero-order chi connectivity index (χ0) is 15.9. The van der Waals surface area contributed by atoms with Crippen molar-refractivity contribution in [3.8, 4) is 5.69 Å². The second-order valence-corrected chi connectivity index (χ2v) is 5.12. The average molecular weight is 299 g/mol. The molecule has 22 heavy (non-hydrogen) atoms. The van der Waals surface area contributed by atoms with E-state index in [9.17, 15) is 9.59 Å². The molecule has 0 amide bonds. The Bertz CT molecular complexity index is 773. The fourth-order valence-corrected chi connectivity index (χ4v) is 3.17. The highest BCUT2D eigenvalue weighted by Gasteiger charge is 2.35. The lowest BCUT2D eigenvalue weighted by molar-refractivity contribution is 0.0555. The van der Waals surface area contributed by atoms with Crippen molar-refractivity contribution in [3.05, 3.63) is 52.3 Å². The number of rotatable bonds is 3. The molecule has 5 nitrogen and oxygen atoms in total. The van der Waals surface area contributed by atoms with Crippen molar-refractivity contribution in [3.63, 3.8) is 0 Å². The van der Waals surface area contributed by atoms with E-state index in [4.69, 9.17) is 9.47 Å². The van der Waals surface area contributed by atoms with Crippen LogP contribution in [0.3, 0.4) is 0 Å². The van der Waals surface area contributed by atoms with Crippen molar-refractivity contribution in [2.75, 3.05) is 14.2 Å². The zero-order valence-electron chi connectivity index (χ0n) is 12.8. The van der Waals surface area contributed by atoms with E-state index in [0.29, 0.717) is 24.0 Å². The Morgan fingerprint density at radius 3 is 2.36 bits per heavy atom. The first-order chi connectivity index (χ1) is 10.6. The molecule has 114 valence electrons. The molecule has 1 aromatic carbocycles. The molecule has 0 aliphatic carbocycles. The molecule has 0 radical (unpaired) electrons. The normalized spacial score (nSPS) is 11.8. The summed E-state index contributed by atoms with van der Waals surface area (Å²) in [6.45, 7) is 1.96. The van der Waals surface area contributed by atoms with Gasteiger partial charge in [-0.15, -0.1) is 0 Å². The number of carbonyl (C=O) groups excluding carboxylic acids is 2. The molecular weight excluding hydrogens is 282 g/mol. The van der Waals surface area contributed by atoms with Gasteiger partial charge >= 0.3 is 11.9 Å². The lowest BCUT2D eigenvalue weighted by Crippen LogP contribution is -2.13. The third-order valence-electron chi connectivity index (χ3n) is 4.07. The number of carbonyl (C=O) groups is 2. The Morgan fingerprint density at radius 1 is 1.09 bits per heavy atom. The summed E-state index contributed by atoms with van der Waals surface area (Å²) in [7, 11) is 2.64. The molecule has 2 heterocycles. The third kappa shape index (κ3) is 1.85. The first-order valence-electron chi connectivity index (χ1n) is 7.15. The van der Waals surface area contributed by atoms with E-state index in [0.717, 1.165) is 22.6 Å². The topological polar surface area (TPSA) is 57.5 Å². The second kappa shape index (κ2) is 5.33. The summed E-state index contributed by atoms with van der Waals surface area (Å²) >= 11 is 0. The molecular formula is C17H17NO4. The summed E-state index contributed by atoms with van der Waals surface area (Å²) < 4.78 is 11.8. The number of esters is 2. The lowest BCUT2D eigenvalue weighted by atomic mass is 10.0. The van der Waals surface area contributed by atoms with Gasteiger partial charge in [0.05, 0.1) is 25.3 Å². The van der Waals surface area contributed by atoms with Crippen molar-refractivity contribution in [2.24, 2.45) is 0 Å². The number of hydrogen-bond donors (Lipinski definition) is 0. The van der Waals surface area contributed by atoms with E-state index < -0.39 is 11.9 Å². The molecule has 0 spiro atoms. The molecule has 1 aromatic heterocycles. The van der Waals surface area contributed by atoms with Crippen molar-refractivity contribution in [1.29, 1.82) is 0 Å². The van der Waals surface area contributed by atoms with Gasteiger partial charge in [0, 0.05) is 23.5 Å². The van der Waals surface area contributed by atoms with Crippen LogP contribution in [-0.2, 0) is 22.3 Å². The van der Waals surface area contributed by atoms with Gasteiger partial charge in [0.2, 0.25) is 0 Å². The quantitative estimate of drug-likeness (QED) is 0.697. The Kier molecular flexibility index (Phi) is 3.48. The predicted octanol–water partition coefficient (Wildman–Crippen LogP) is 2.52. The molecule has 1 aliphatic heterocycles. The van der Waals surface area contributed by atoms with E-state index in [1.165, 1.54) is 14.2 Å². The second-order valence-electron chi connectivity index (χ2n) is 5.12. The number of fused-ring (bicyclic) bond motifs is 3. The van der Waals surface area contributed by atoms with Gasteiger partial charge in [-0.1, -0.05) is 25.1 Å².